The second-order valence-corrected chi connectivity index (χ2v) is 7.02. The molecule has 1 aliphatic rings. The number of nitrogens with two attached hydrogens (primary N) is 1. The van der Waals surface area contributed by atoms with Crippen molar-refractivity contribution >= 4 is 28.3 Å². The summed E-state index contributed by atoms with van der Waals surface area (Å²) in [5.41, 5.74) is 8.97. The Morgan fingerprint density at radius 2 is 2.12 bits per heavy atom. The highest BCUT2D eigenvalue weighted by molar-refractivity contribution is 5.98. The van der Waals surface area contributed by atoms with Gasteiger partial charge in [-0.2, -0.15) is 0 Å². The van der Waals surface area contributed by atoms with Crippen LogP contribution in [0.3, 0.4) is 0 Å². The van der Waals surface area contributed by atoms with Crippen molar-refractivity contribution in [1.29, 1.82) is 0 Å². The van der Waals surface area contributed by atoms with E-state index in [1.165, 1.54) is 0 Å². The molecule has 0 saturated heterocycles. The number of carbonyl (C=O) groups is 1. The molecule has 3 aromatic heterocycles. The van der Waals surface area contributed by atoms with Crippen LogP contribution in [0.1, 0.15) is 25.3 Å². The quantitative estimate of drug-likeness (QED) is 0.755. The molecule has 3 N–H and O–H groups in total. The van der Waals surface area contributed by atoms with Crippen LogP contribution in [0.4, 0.5) is 11.6 Å². The number of hydrogen-bond acceptors (Lipinski definition) is 5. The highest BCUT2D eigenvalue weighted by Crippen LogP contribution is 2.35. The van der Waals surface area contributed by atoms with Crippen LogP contribution in [-0.2, 0) is 4.79 Å². The fraction of sp³-hybridized carbons (Fsp3) is 0.300. The van der Waals surface area contributed by atoms with Crippen LogP contribution in [0.5, 0.6) is 0 Å². The number of carbonyl (C=O) groups excluding carboxylic acids is 1. The standard InChI is InChI=1S/C20H21N5O/c1-11-3-4-14(11)20(26)25-18-8-13-7-17(15-9-22-6-5-12(15)2)23-10-16(13)19(21)24-18/h5-11,14H,3-4H2,1-2H3,(H3,21,24,25,26)/t11-,14-/m1/s1. The van der Waals surface area contributed by atoms with Crippen molar-refractivity contribution in [2.24, 2.45) is 11.8 Å². The number of nitrogens with one attached hydrogen (secondary N) is 1. The fourth-order valence-electron chi connectivity index (χ4n) is 3.39. The normalized spacial score (nSPS) is 19.2. The lowest BCUT2D eigenvalue weighted by Crippen LogP contribution is -2.35. The second kappa shape index (κ2) is 6.37. The van der Waals surface area contributed by atoms with Gasteiger partial charge in [0.25, 0.3) is 0 Å². The van der Waals surface area contributed by atoms with Gasteiger partial charge in [-0.25, -0.2) is 4.98 Å². The van der Waals surface area contributed by atoms with Crippen molar-refractivity contribution < 1.29 is 4.79 Å². The van der Waals surface area contributed by atoms with E-state index in [1.807, 2.05) is 25.1 Å². The molecule has 6 nitrogen and oxygen atoms in total. The average Bonchev–Trinajstić information content (AvgIpc) is 2.60. The Kier molecular flexibility index (Phi) is 4.03. The number of anilines is 2. The van der Waals surface area contributed by atoms with Crippen molar-refractivity contribution in [1.82, 2.24) is 15.0 Å². The topological polar surface area (TPSA) is 93.8 Å². The number of fused-ring (bicyclic) bond motifs is 1. The first-order valence-electron chi connectivity index (χ1n) is 8.81. The third kappa shape index (κ3) is 2.87. The van der Waals surface area contributed by atoms with Crippen molar-refractivity contribution in [2.45, 2.75) is 26.7 Å². The Balaban J connectivity index is 1.70. The Bertz CT molecular complexity index is 1000. The van der Waals surface area contributed by atoms with E-state index in [0.29, 0.717) is 17.6 Å². The summed E-state index contributed by atoms with van der Waals surface area (Å²) in [4.78, 5) is 25.4. The van der Waals surface area contributed by atoms with Gasteiger partial charge in [0.15, 0.2) is 0 Å². The Morgan fingerprint density at radius 1 is 1.27 bits per heavy atom. The SMILES string of the molecule is Cc1ccncc1-c1cc2cc(NC(=O)[C@@H]3CC[C@H]3C)nc(N)c2cn1. The lowest BCUT2D eigenvalue weighted by Gasteiger charge is -2.32. The monoisotopic (exact) mass is 347 g/mol. The van der Waals surface area contributed by atoms with E-state index in [9.17, 15) is 4.79 Å². The van der Waals surface area contributed by atoms with E-state index in [4.69, 9.17) is 5.73 Å². The Hall–Kier alpha value is -3.02. The lowest BCUT2D eigenvalue weighted by atomic mass is 9.74. The maximum atomic E-state index is 12.4. The molecule has 0 radical (unpaired) electrons. The molecule has 1 fully saturated rings. The molecule has 1 amide bonds. The van der Waals surface area contributed by atoms with E-state index in [-0.39, 0.29) is 11.8 Å². The fourth-order valence-corrected chi connectivity index (χ4v) is 3.39. The van der Waals surface area contributed by atoms with Crippen LogP contribution < -0.4 is 11.1 Å². The molecule has 0 unspecified atom stereocenters. The Morgan fingerprint density at radius 3 is 2.81 bits per heavy atom. The minimum Gasteiger partial charge on any atom is -0.383 e. The summed E-state index contributed by atoms with van der Waals surface area (Å²) in [6.07, 6.45) is 7.32. The molecule has 4 rings (SSSR count). The molecule has 0 bridgehead atoms. The van der Waals surface area contributed by atoms with Crippen LogP contribution >= 0.6 is 0 Å². The number of rotatable bonds is 3. The van der Waals surface area contributed by atoms with Crippen LogP contribution in [0.15, 0.2) is 36.8 Å². The molecule has 3 aromatic rings. The van der Waals surface area contributed by atoms with Crippen LogP contribution in [0.25, 0.3) is 22.0 Å². The van der Waals surface area contributed by atoms with Crippen LogP contribution in [-0.4, -0.2) is 20.9 Å². The second-order valence-electron chi connectivity index (χ2n) is 7.02. The first-order chi connectivity index (χ1) is 12.5. The van der Waals surface area contributed by atoms with Gasteiger partial charge < -0.3 is 11.1 Å². The molecule has 6 heteroatoms. The smallest absolute Gasteiger partial charge is 0.228 e. The van der Waals surface area contributed by atoms with Gasteiger partial charge in [-0.3, -0.25) is 14.8 Å². The molecule has 26 heavy (non-hydrogen) atoms. The highest BCUT2D eigenvalue weighted by Gasteiger charge is 2.33. The van der Waals surface area contributed by atoms with Crippen LogP contribution in [0, 0.1) is 18.8 Å². The highest BCUT2D eigenvalue weighted by atomic mass is 16.2. The van der Waals surface area contributed by atoms with Crippen molar-refractivity contribution in [2.75, 3.05) is 11.1 Å². The maximum absolute atomic E-state index is 12.4. The van der Waals surface area contributed by atoms with E-state index in [2.05, 4.69) is 27.2 Å². The van der Waals surface area contributed by atoms with Gasteiger partial charge in [-0.15, -0.1) is 0 Å². The molecule has 132 valence electrons. The zero-order valence-corrected chi connectivity index (χ0v) is 14.9. The molecular formula is C20H21N5O. The van der Waals surface area contributed by atoms with Gasteiger partial charge in [0.1, 0.15) is 11.6 Å². The third-order valence-corrected chi connectivity index (χ3v) is 5.27. The predicted octanol–water partition coefficient (Wildman–Crippen LogP) is 3.57. The minimum atomic E-state index is 0.0207. The van der Waals surface area contributed by atoms with E-state index in [0.717, 1.165) is 40.4 Å². The van der Waals surface area contributed by atoms with Crippen molar-refractivity contribution in [3.8, 4) is 11.3 Å². The molecule has 2 atom stereocenters. The van der Waals surface area contributed by atoms with Gasteiger partial charge in [0.05, 0.1) is 5.69 Å². The summed E-state index contributed by atoms with van der Waals surface area (Å²) in [5.74, 6) is 1.37. The summed E-state index contributed by atoms with van der Waals surface area (Å²) in [6.45, 7) is 4.12. The third-order valence-electron chi connectivity index (χ3n) is 5.27. The summed E-state index contributed by atoms with van der Waals surface area (Å²) in [7, 11) is 0. The van der Waals surface area contributed by atoms with Crippen molar-refractivity contribution in [3.63, 3.8) is 0 Å². The van der Waals surface area contributed by atoms with E-state index < -0.39 is 0 Å². The number of hydrogen-bond donors (Lipinski definition) is 2. The zero-order chi connectivity index (χ0) is 18.3. The first-order valence-corrected chi connectivity index (χ1v) is 8.81. The maximum Gasteiger partial charge on any atom is 0.228 e. The average molecular weight is 347 g/mol. The first kappa shape index (κ1) is 16.4. The largest absolute Gasteiger partial charge is 0.383 e. The molecule has 3 heterocycles. The lowest BCUT2D eigenvalue weighted by molar-refractivity contribution is -0.124. The van der Waals surface area contributed by atoms with Crippen molar-refractivity contribution in [3.05, 3.63) is 42.4 Å². The van der Waals surface area contributed by atoms with E-state index >= 15 is 0 Å². The Labute approximate surface area is 151 Å². The molecular weight excluding hydrogens is 326 g/mol. The number of pyridine rings is 3. The van der Waals surface area contributed by atoms with Gasteiger partial charge in [-0.05, 0) is 54.8 Å². The number of amides is 1. The summed E-state index contributed by atoms with van der Waals surface area (Å²) < 4.78 is 0. The van der Waals surface area contributed by atoms with Gasteiger partial charge in [0, 0.05) is 35.5 Å². The number of nitrogens with zero attached hydrogens (tertiary/aromatic N) is 3. The van der Waals surface area contributed by atoms with Gasteiger partial charge in [0.2, 0.25) is 5.91 Å². The molecule has 1 saturated carbocycles. The number of nitrogen functional groups attached to an aromatic ring is 1. The summed E-state index contributed by atoms with van der Waals surface area (Å²) in [6, 6.07) is 5.76. The molecule has 0 spiro atoms. The summed E-state index contributed by atoms with van der Waals surface area (Å²) >= 11 is 0. The summed E-state index contributed by atoms with van der Waals surface area (Å²) in [5, 5.41) is 4.58. The molecule has 0 aromatic carbocycles. The number of aryl methyl sites for hydroxylation is 1. The van der Waals surface area contributed by atoms with Gasteiger partial charge in [-0.1, -0.05) is 6.92 Å². The van der Waals surface area contributed by atoms with Crippen LogP contribution in [0.2, 0.25) is 0 Å². The number of aromatic nitrogens is 3. The predicted molar refractivity (Wildman–Crippen MR) is 102 cm³/mol. The molecule has 1 aliphatic carbocycles. The van der Waals surface area contributed by atoms with Gasteiger partial charge >= 0.3 is 0 Å². The van der Waals surface area contributed by atoms with E-state index in [1.54, 1.807) is 18.6 Å². The zero-order valence-electron chi connectivity index (χ0n) is 14.9. The minimum absolute atomic E-state index is 0.0207. The molecule has 0 aliphatic heterocycles.